The Morgan fingerprint density at radius 1 is 0.784 bits per heavy atom. The molecule has 0 heterocycles. The van der Waals surface area contributed by atoms with Crippen molar-refractivity contribution in [2.24, 2.45) is 0 Å². The van der Waals surface area contributed by atoms with E-state index in [9.17, 15) is 19.8 Å². The first-order valence-electron chi connectivity index (χ1n) is 14.0. The zero-order chi connectivity index (χ0) is 27.2. The highest BCUT2D eigenvalue weighted by molar-refractivity contribution is 5.78. The summed E-state index contributed by atoms with van der Waals surface area (Å²) in [6, 6.07) is 8.47. The Balaban J connectivity index is 2.29. The van der Waals surface area contributed by atoms with E-state index in [2.05, 4.69) is 41.8 Å². The lowest BCUT2D eigenvalue weighted by molar-refractivity contribution is -0.130. The first-order chi connectivity index (χ1) is 18.0. The number of rotatable bonds is 23. The third-order valence-electron chi connectivity index (χ3n) is 6.39. The van der Waals surface area contributed by atoms with Gasteiger partial charge in [0.1, 0.15) is 6.61 Å². The summed E-state index contributed by atoms with van der Waals surface area (Å²) in [7, 11) is 0. The van der Waals surface area contributed by atoms with E-state index in [-0.39, 0.29) is 32.3 Å². The van der Waals surface area contributed by atoms with Gasteiger partial charge in [0.2, 0.25) is 11.8 Å². The van der Waals surface area contributed by atoms with Gasteiger partial charge in [-0.2, -0.15) is 0 Å². The summed E-state index contributed by atoms with van der Waals surface area (Å²) in [5, 5.41) is 25.3. The number of unbranched alkanes of at least 4 members (excludes halogenated alkanes) is 5. The molecule has 0 spiro atoms. The molecule has 2 amide bonds. The van der Waals surface area contributed by atoms with Gasteiger partial charge < -0.3 is 30.3 Å². The average molecular weight is 523 g/mol. The van der Waals surface area contributed by atoms with Crippen LogP contribution in [0.1, 0.15) is 82.8 Å². The first kappa shape index (κ1) is 33.0. The first-order valence-corrected chi connectivity index (χ1v) is 14.0. The van der Waals surface area contributed by atoms with Gasteiger partial charge in [-0.1, -0.05) is 70.2 Å². The Morgan fingerprint density at radius 3 is 2.05 bits per heavy atom. The normalized spacial score (nSPS) is 11.5. The molecular formula is C29H50N2O6. The van der Waals surface area contributed by atoms with Crippen LogP contribution in [0.2, 0.25) is 0 Å². The van der Waals surface area contributed by atoms with E-state index >= 15 is 0 Å². The predicted octanol–water partition coefficient (Wildman–Crippen LogP) is 3.31. The Morgan fingerprint density at radius 2 is 1.41 bits per heavy atom. The minimum atomic E-state index is -1.11. The summed E-state index contributed by atoms with van der Waals surface area (Å²) in [6.07, 6.45) is 11.1. The molecule has 0 radical (unpaired) electrons. The standard InChI is InChI=1S/C29H50N2O6/c1-3-5-6-7-8-9-11-25-12-14-26(15-13-25)16-17-29(23-32,24-33)31-28(35)22-37-21-20-36-19-18-30-27(34)10-4-2/h12-15,32-33H,3-11,16-24H2,1-2H3,(H,30,34)(H,31,35). The van der Waals surface area contributed by atoms with Gasteiger partial charge in [-0.05, 0) is 43.2 Å². The topological polar surface area (TPSA) is 117 Å². The summed E-state index contributed by atoms with van der Waals surface area (Å²) in [6.45, 7) is 4.62. The van der Waals surface area contributed by atoms with Crippen LogP contribution in [0.15, 0.2) is 24.3 Å². The smallest absolute Gasteiger partial charge is 0.246 e. The molecule has 37 heavy (non-hydrogen) atoms. The maximum Gasteiger partial charge on any atom is 0.246 e. The molecule has 0 fully saturated rings. The zero-order valence-electron chi connectivity index (χ0n) is 23.1. The molecule has 0 aromatic heterocycles. The van der Waals surface area contributed by atoms with Gasteiger partial charge in [-0.3, -0.25) is 9.59 Å². The van der Waals surface area contributed by atoms with E-state index in [1.807, 2.05) is 6.92 Å². The molecule has 0 aliphatic heterocycles. The number of ether oxygens (including phenoxy) is 2. The molecule has 0 bridgehead atoms. The summed E-state index contributed by atoms with van der Waals surface area (Å²) in [5.41, 5.74) is 1.32. The number of benzene rings is 1. The van der Waals surface area contributed by atoms with Gasteiger partial charge in [0.05, 0.1) is 38.6 Å². The Hall–Kier alpha value is -2.00. The largest absolute Gasteiger partial charge is 0.394 e. The number of aryl methyl sites for hydroxylation is 2. The number of carbonyl (C=O) groups excluding carboxylic acids is 2. The maximum atomic E-state index is 12.3. The summed E-state index contributed by atoms with van der Waals surface area (Å²) in [5.74, 6) is -0.389. The van der Waals surface area contributed by atoms with Crippen molar-refractivity contribution in [3.8, 4) is 0 Å². The number of hydrogen-bond acceptors (Lipinski definition) is 6. The molecular weight excluding hydrogens is 472 g/mol. The van der Waals surface area contributed by atoms with Crippen molar-refractivity contribution in [3.05, 3.63) is 35.4 Å². The van der Waals surface area contributed by atoms with Crippen molar-refractivity contribution in [2.45, 2.75) is 90.0 Å². The number of aliphatic hydroxyl groups is 2. The lowest BCUT2D eigenvalue weighted by atomic mass is 9.92. The molecule has 8 nitrogen and oxygen atoms in total. The van der Waals surface area contributed by atoms with Crippen LogP contribution in [0, 0.1) is 0 Å². The minimum absolute atomic E-state index is 0.00998. The molecule has 4 N–H and O–H groups in total. The predicted molar refractivity (Wildman–Crippen MR) is 146 cm³/mol. The molecule has 8 heteroatoms. The highest BCUT2D eigenvalue weighted by atomic mass is 16.5. The molecule has 0 aliphatic rings. The quantitative estimate of drug-likeness (QED) is 0.164. The fourth-order valence-corrected chi connectivity index (χ4v) is 4.01. The summed E-state index contributed by atoms with van der Waals surface area (Å²) >= 11 is 0. The van der Waals surface area contributed by atoms with Gasteiger partial charge in [0.15, 0.2) is 0 Å². The fourth-order valence-electron chi connectivity index (χ4n) is 4.01. The van der Waals surface area contributed by atoms with Crippen molar-refractivity contribution < 1.29 is 29.3 Å². The second kappa shape index (κ2) is 21.0. The molecule has 0 saturated carbocycles. The average Bonchev–Trinajstić information content (AvgIpc) is 2.91. The number of aliphatic hydroxyl groups excluding tert-OH is 2. The van der Waals surface area contributed by atoms with Crippen molar-refractivity contribution in [2.75, 3.05) is 46.2 Å². The molecule has 1 aromatic carbocycles. The molecule has 1 rings (SSSR count). The molecule has 0 aliphatic carbocycles. The minimum Gasteiger partial charge on any atom is -0.394 e. The monoisotopic (exact) mass is 522 g/mol. The Labute approximate surface area is 223 Å². The number of carbonyl (C=O) groups is 2. The lowest BCUT2D eigenvalue weighted by Gasteiger charge is -2.31. The Kier molecular flexibility index (Phi) is 18.7. The molecule has 1 aromatic rings. The van der Waals surface area contributed by atoms with Gasteiger partial charge in [-0.15, -0.1) is 0 Å². The van der Waals surface area contributed by atoms with Crippen molar-refractivity contribution >= 4 is 11.8 Å². The van der Waals surface area contributed by atoms with Crippen molar-refractivity contribution in [1.29, 1.82) is 0 Å². The van der Waals surface area contributed by atoms with E-state index < -0.39 is 11.4 Å². The second-order valence-electron chi connectivity index (χ2n) is 9.74. The van der Waals surface area contributed by atoms with Crippen LogP contribution in [-0.4, -0.2) is 73.8 Å². The van der Waals surface area contributed by atoms with Gasteiger partial charge in [0.25, 0.3) is 0 Å². The lowest BCUT2D eigenvalue weighted by Crippen LogP contribution is -2.55. The molecule has 0 saturated heterocycles. The van der Waals surface area contributed by atoms with Crippen molar-refractivity contribution in [1.82, 2.24) is 10.6 Å². The van der Waals surface area contributed by atoms with Crippen LogP contribution < -0.4 is 10.6 Å². The van der Waals surface area contributed by atoms with E-state index in [4.69, 9.17) is 9.47 Å². The van der Waals surface area contributed by atoms with Crippen molar-refractivity contribution in [3.63, 3.8) is 0 Å². The number of amides is 2. The molecule has 0 unspecified atom stereocenters. The third-order valence-corrected chi connectivity index (χ3v) is 6.39. The summed E-state index contributed by atoms with van der Waals surface area (Å²) < 4.78 is 10.7. The highest BCUT2D eigenvalue weighted by Gasteiger charge is 2.30. The molecule has 212 valence electrons. The van der Waals surface area contributed by atoms with Gasteiger partial charge in [0, 0.05) is 13.0 Å². The Bertz CT molecular complexity index is 722. The van der Waals surface area contributed by atoms with Crippen LogP contribution in [0.5, 0.6) is 0 Å². The molecule has 0 atom stereocenters. The zero-order valence-corrected chi connectivity index (χ0v) is 23.1. The fraction of sp³-hybridized carbons (Fsp3) is 0.724. The highest BCUT2D eigenvalue weighted by Crippen LogP contribution is 2.16. The van der Waals surface area contributed by atoms with Crippen LogP contribution in [-0.2, 0) is 31.9 Å². The van der Waals surface area contributed by atoms with E-state index in [1.165, 1.54) is 44.1 Å². The van der Waals surface area contributed by atoms with Crippen LogP contribution in [0.4, 0.5) is 0 Å². The SMILES string of the molecule is CCCCCCCCc1ccc(CCC(CO)(CO)NC(=O)COCCOCCNC(=O)CCC)cc1. The van der Waals surface area contributed by atoms with Gasteiger partial charge >= 0.3 is 0 Å². The van der Waals surface area contributed by atoms with Gasteiger partial charge in [-0.25, -0.2) is 0 Å². The number of nitrogens with one attached hydrogen (secondary N) is 2. The van der Waals surface area contributed by atoms with E-state index in [0.29, 0.717) is 39.0 Å². The second-order valence-corrected chi connectivity index (χ2v) is 9.74. The summed E-state index contributed by atoms with van der Waals surface area (Å²) in [4.78, 5) is 23.7. The van der Waals surface area contributed by atoms with E-state index in [1.54, 1.807) is 0 Å². The number of hydrogen-bond donors (Lipinski definition) is 4. The maximum absolute atomic E-state index is 12.3. The third kappa shape index (κ3) is 15.8. The van der Waals surface area contributed by atoms with Crippen LogP contribution >= 0.6 is 0 Å². The van der Waals surface area contributed by atoms with Crippen LogP contribution in [0.3, 0.4) is 0 Å². The van der Waals surface area contributed by atoms with E-state index in [0.717, 1.165) is 18.4 Å². The van der Waals surface area contributed by atoms with Crippen LogP contribution in [0.25, 0.3) is 0 Å².